The van der Waals surface area contributed by atoms with E-state index in [0.29, 0.717) is 29.1 Å². The topological polar surface area (TPSA) is 99.4 Å². The number of nitriles is 1. The highest BCUT2D eigenvalue weighted by atomic mass is 16.1. The Bertz CT molecular complexity index is 1170. The Morgan fingerprint density at radius 2 is 2.00 bits per heavy atom. The zero-order valence-corrected chi connectivity index (χ0v) is 13.7. The van der Waals surface area contributed by atoms with Crippen LogP contribution in [-0.2, 0) is 6.54 Å². The number of nitrogens with zero attached hydrogens (tertiary/aromatic N) is 4. The van der Waals surface area contributed by atoms with Gasteiger partial charge in [-0.3, -0.25) is 9.78 Å². The van der Waals surface area contributed by atoms with Gasteiger partial charge in [0.2, 0.25) is 5.95 Å². The molecule has 0 atom stereocenters. The normalized spacial score (nSPS) is 10.6. The number of aromatic amines is 1. The van der Waals surface area contributed by atoms with Crippen molar-refractivity contribution < 1.29 is 0 Å². The molecule has 0 saturated carbocycles. The number of hydrogen-bond donors (Lipinski definition) is 2. The highest BCUT2D eigenvalue weighted by molar-refractivity contribution is 5.76. The zero-order valence-electron chi connectivity index (χ0n) is 13.7. The van der Waals surface area contributed by atoms with Gasteiger partial charge in [-0.15, -0.1) is 0 Å². The van der Waals surface area contributed by atoms with Crippen molar-refractivity contribution >= 4 is 17.0 Å². The third-order valence-electron chi connectivity index (χ3n) is 3.95. The fourth-order valence-corrected chi connectivity index (χ4v) is 2.70. The van der Waals surface area contributed by atoms with E-state index in [1.165, 1.54) is 6.20 Å². The molecule has 0 radical (unpaired) electrons. The predicted molar refractivity (Wildman–Crippen MR) is 98.0 cm³/mol. The van der Waals surface area contributed by atoms with Crippen LogP contribution in [0.1, 0.15) is 11.1 Å². The third-order valence-corrected chi connectivity index (χ3v) is 3.95. The number of rotatable bonds is 4. The van der Waals surface area contributed by atoms with Gasteiger partial charge >= 0.3 is 0 Å². The lowest BCUT2D eigenvalue weighted by Gasteiger charge is -2.07. The van der Waals surface area contributed by atoms with Crippen molar-refractivity contribution in [2.75, 3.05) is 5.32 Å². The third kappa shape index (κ3) is 2.91. The second kappa shape index (κ2) is 6.53. The number of anilines is 1. The van der Waals surface area contributed by atoms with Crippen LogP contribution in [0.25, 0.3) is 16.7 Å². The summed E-state index contributed by atoms with van der Waals surface area (Å²) in [5.74, 6) is 0.350. The monoisotopic (exact) mass is 342 g/mol. The quantitative estimate of drug-likeness (QED) is 0.594. The molecule has 2 aromatic carbocycles. The molecule has 0 amide bonds. The van der Waals surface area contributed by atoms with Crippen LogP contribution in [0.2, 0.25) is 0 Å². The van der Waals surface area contributed by atoms with Crippen molar-refractivity contribution in [1.29, 1.82) is 5.26 Å². The largest absolute Gasteiger partial charge is 0.352 e. The molecule has 7 heteroatoms. The molecule has 0 bridgehead atoms. The van der Waals surface area contributed by atoms with Crippen molar-refractivity contribution in [3.05, 3.63) is 82.3 Å². The molecule has 0 aliphatic rings. The summed E-state index contributed by atoms with van der Waals surface area (Å²) in [4.78, 5) is 19.5. The minimum atomic E-state index is -0.259. The molecule has 0 spiro atoms. The molecule has 0 fully saturated rings. The summed E-state index contributed by atoms with van der Waals surface area (Å²) >= 11 is 0. The van der Waals surface area contributed by atoms with Crippen LogP contribution >= 0.6 is 0 Å². The van der Waals surface area contributed by atoms with Gasteiger partial charge in [0.1, 0.15) is 5.39 Å². The van der Waals surface area contributed by atoms with Crippen LogP contribution in [0, 0.1) is 11.3 Å². The molecule has 0 saturated heterocycles. The number of aromatic nitrogens is 4. The van der Waals surface area contributed by atoms with E-state index in [0.717, 1.165) is 11.3 Å². The molecular weight excluding hydrogens is 328 g/mol. The standard InChI is InChI=1S/C19H14N6O/c20-10-13-5-4-6-14(9-13)11-21-19-23-17-16(18(26)24-19)12-22-25(17)15-7-2-1-3-8-15/h1-9,12H,11H2,(H2,21,23,24,26). The lowest BCUT2D eigenvalue weighted by Crippen LogP contribution is -2.13. The van der Waals surface area contributed by atoms with Crippen LogP contribution in [0.5, 0.6) is 0 Å². The Morgan fingerprint density at radius 1 is 1.15 bits per heavy atom. The van der Waals surface area contributed by atoms with E-state index in [1.54, 1.807) is 16.8 Å². The Hall–Kier alpha value is -3.92. The number of fused-ring (bicyclic) bond motifs is 1. The molecule has 2 aromatic heterocycles. The molecular formula is C19H14N6O. The Labute approximate surface area is 148 Å². The second-order valence-corrected chi connectivity index (χ2v) is 5.71. The molecule has 26 heavy (non-hydrogen) atoms. The Balaban J connectivity index is 1.68. The number of hydrogen-bond acceptors (Lipinski definition) is 5. The molecule has 0 aliphatic heterocycles. The number of para-hydroxylation sites is 1. The minimum Gasteiger partial charge on any atom is -0.352 e. The maximum Gasteiger partial charge on any atom is 0.263 e. The zero-order chi connectivity index (χ0) is 17.9. The second-order valence-electron chi connectivity index (χ2n) is 5.71. The number of H-pyrrole nitrogens is 1. The van der Waals surface area contributed by atoms with Crippen molar-refractivity contribution in [2.24, 2.45) is 0 Å². The summed E-state index contributed by atoms with van der Waals surface area (Å²) in [6.07, 6.45) is 1.51. The Kier molecular flexibility index (Phi) is 3.92. The van der Waals surface area contributed by atoms with Gasteiger partial charge in [-0.25, -0.2) is 4.68 Å². The summed E-state index contributed by atoms with van der Waals surface area (Å²) in [5.41, 5.74) is 2.55. The SMILES string of the molecule is N#Cc1cccc(CNc2nc3c(cnn3-c3ccccc3)c(=O)[nH]2)c1. The first-order valence-electron chi connectivity index (χ1n) is 8.01. The summed E-state index contributed by atoms with van der Waals surface area (Å²) in [6, 6.07) is 18.9. The van der Waals surface area contributed by atoms with Gasteiger partial charge in [0.25, 0.3) is 5.56 Å². The lowest BCUT2D eigenvalue weighted by molar-refractivity contribution is 0.893. The van der Waals surface area contributed by atoms with E-state index in [2.05, 4.69) is 26.5 Å². The van der Waals surface area contributed by atoms with Gasteiger partial charge in [0, 0.05) is 6.54 Å². The van der Waals surface area contributed by atoms with E-state index in [9.17, 15) is 4.79 Å². The van der Waals surface area contributed by atoms with Gasteiger partial charge in [0.15, 0.2) is 5.65 Å². The molecule has 7 nitrogen and oxygen atoms in total. The fraction of sp³-hybridized carbons (Fsp3) is 0.0526. The summed E-state index contributed by atoms with van der Waals surface area (Å²) in [5, 5.41) is 16.8. The number of nitrogens with one attached hydrogen (secondary N) is 2. The number of benzene rings is 2. The molecule has 0 aliphatic carbocycles. The highest BCUT2D eigenvalue weighted by Gasteiger charge is 2.11. The smallest absolute Gasteiger partial charge is 0.263 e. The maximum atomic E-state index is 12.3. The first-order valence-corrected chi connectivity index (χ1v) is 8.01. The van der Waals surface area contributed by atoms with Crippen LogP contribution < -0.4 is 10.9 Å². The van der Waals surface area contributed by atoms with E-state index in [4.69, 9.17) is 5.26 Å². The highest BCUT2D eigenvalue weighted by Crippen LogP contribution is 2.15. The molecule has 2 N–H and O–H groups in total. The lowest BCUT2D eigenvalue weighted by atomic mass is 10.1. The molecule has 2 heterocycles. The van der Waals surface area contributed by atoms with Crippen LogP contribution in [0.4, 0.5) is 5.95 Å². The maximum absolute atomic E-state index is 12.3. The van der Waals surface area contributed by atoms with Gasteiger partial charge in [-0.05, 0) is 29.8 Å². The van der Waals surface area contributed by atoms with E-state index in [-0.39, 0.29) is 5.56 Å². The Morgan fingerprint density at radius 3 is 2.81 bits per heavy atom. The first kappa shape index (κ1) is 15.6. The summed E-state index contributed by atoms with van der Waals surface area (Å²) in [6.45, 7) is 0.434. The average Bonchev–Trinajstić information content (AvgIpc) is 3.12. The van der Waals surface area contributed by atoms with E-state index in [1.807, 2.05) is 42.5 Å². The van der Waals surface area contributed by atoms with Crippen molar-refractivity contribution in [3.63, 3.8) is 0 Å². The molecule has 126 valence electrons. The minimum absolute atomic E-state index is 0.259. The van der Waals surface area contributed by atoms with Gasteiger partial charge in [-0.2, -0.15) is 15.3 Å². The van der Waals surface area contributed by atoms with Crippen LogP contribution in [0.3, 0.4) is 0 Å². The predicted octanol–water partition coefficient (Wildman–Crippen LogP) is 2.59. The van der Waals surface area contributed by atoms with Crippen molar-refractivity contribution in [3.8, 4) is 11.8 Å². The summed E-state index contributed by atoms with van der Waals surface area (Å²) in [7, 11) is 0. The van der Waals surface area contributed by atoms with Crippen LogP contribution in [-0.4, -0.2) is 19.7 Å². The summed E-state index contributed by atoms with van der Waals surface area (Å²) < 4.78 is 1.63. The molecule has 4 rings (SSSR count). The van der Waals surface area contributed by atoms with Gasteiger partial charge < -0.3 is 5.32 Å². The van der Waals surface area contributed by atoms with Crippen molar-refractivity contribution in [2.45, 2.75) is 6.54 Å². The molecule has 4 aromatic rings. The average molecular weight is 342 g/mol. The first-order chi connectivity index (χ1) is 12.7. The van der Waals surface area contributed by atoms with Gasteiger partial charge in [0.05, 0.1) is 23.5 Å². The van der Waals surface area contributed by atoms with E-state index < -0.39 is 0 Å². The molecule has 0 unspecified atom stereocenters. The van der Waals surface area contributed by atoms with Crippen molar-refractivity contribution in [1.82, 2.24) is 19.7 Å². The van der Waals surface area contributed by atoms with Crippen LogP contribution in [0.15, 0.2) is 65.6 Å². The van der Waals surface area contributed by atoms with Gasteiger partial charge in [-0.1, -0.05) is 30.3 Å². The van der Waals surface area contributed by atoms with E-state index >= 15 is 0 Å². The fourth-order valence-electron chi connectivity index (χ4n) is 2.70.